The fraction of sp³-hybridized carbons (Fsp3) is 0.667. The molecular weight excluding hydrogens is 235 g/mol. The van der Waals surface area contributed by atoms with Gasteiger partial charge in [0, 0.05) is 18.6 Å². The van der Waals surface area contributed by atoms with E-state index in [1.807, 2.05) is 20.8 Å². The van der Waals surface area contributed by atoms with E-state index in [1.54, 1.807) is 6.07 Å². The highest BCUT2D eigenvalue weighted by molar-refractivity contribution is 5.40. The summed E-state index contributed by atoms with van der Waals surface area (Å²) in [5.41, 5.74) is 6.40. The zero-order valence-corrected chi connectivity index (χ0v) is 11.3. The largest absolute Gasteiger partial charge is 0.384 e. The minimum Gasteiger partial charge on any atom is -0.384 e. The number of nitrogens with zero attached hydrogens (tertiary/aromatic N) is 2. The first-order valence-corrected chi connectivity index (χ1v) is 5.85. The zero-order valence-electron chi connectivity index (χ0n) is 11.3. The van der Waals surface area contributed by atoms with Gasteiger partial charge in [0.2, 0.25) is 5.95 Å². The average molecular weight is 256 g/mol. The maximum atomic E-state index is 13.2. The lowest BCUT2D eigenvalue weighted by atomic mass is 9.92. The van der Waals surface area contributed by atoms with E-state index in [-0.39, 0.29) is 18.6 Å². The Balaban J connectivity index is 2.75. The highest BCUT2D eigenvalue weighted by Crippen LogP contribution is 2.22. The van der Waals surface area contributed by atoms with Crippen molar-refractivity contribution in [2.24, 2.45) is 0 Å². The first-order chi connectivity index (χ1) is 8.32. The molecule has 3 N–H and O–H groups in total. The highest BCUT2D eigenvalue weighted by Gasteiger charge is 2.17. The number of aromatic nitrogens is 2. The summed E-state index contributed by atoms with van der Waals surface area (Å²) in [6.45, 7) is 6.23. The van der Waals surface area contributed by atoms with Gasteiger partial charge in [0.15, 0.2) is 0 Å². The molecule has 5 nitrogen and oxygen atoms in total. The molecule has 1 aromatic heterocycles. The second-order valence-electron chi connectivity index (χ2n) is 5.19. The van der Waals surface area contributed by atoms with Crippen LogP contribution >= 0.6 is 0 Å². The topological polar surface area (TPSA) is 73.1 Å². The SMILES string of the molecule is COCC(F)CNc1nc(N)cc(C(C)(C)C)n1. The summed E-state index contributed by atoms with van der Waals surface area (Å²) in [6, 6.07) is 1.73. The quantitative estimate of drug-likeness (QED) is 0.839. The monoisotopic (exact) mass is 256 g/mol. The Morgan fingerprint density at radius 3 is 2.67 bits per heavy atom. The summed E-state index contributed by atoms with van der Waals surface area (Å²) < 4.78 is 18.0. The molecule has 0 aliphatic heterocycles. The van der Waals surface area contributed by atoms with Crippen LogP contribution in [0.4, 0.5) is 16.2 Å². The van der Waals surface area contributed by atoms with Crippen LogP contribution in [0.25, 0.3) is 0 Å². The third kappa shape index (κ3) is 4.44. The molecule has 0 fully saturated rings. The van der Waals surface area contributed by atoms with Crippen LogP contribution in [-0.4, -0.2) is 36.4 Å². The molecule has 102 valence electrons. The average Bonchev–Trinajstić information content (AvgIpc) is 2.25. The molecule has 0 aromatic carbocycles. The molecule has 6 heteroatoms. The second-order valence-corrected chi connectivity index (χ2v) is 5.19. The second kappa shape index (κ2) is 5.95. The fourth-order valence-electron chi connectivity index (χ4n) is 1.37. The molecule has 1 rings (SSSR count). The Labute approximate surface area is 107 Å². The van der Waals surface area contributed by atoms with Gasteiger partial charge in [-0.25, -0.2) is 9.37 Å². The summed E-state index contributed by atoms with van der Waals surface area (Å²) in [5.74, 6) is 0.721. The Bertz CT molecular complexity index is 392. The van der Waals surface area contributed by atoms with Crippen molar-refractivity contribution in [1.29, 1.82) is 0 Å². The molecular formula is C12H21FN4O. The van der Waals surface area contributed by atoms with Gasteiger partial charge in [0.05, 0.1) is 18.8 Å². The Morgan fingerprint density at radius 1 is 1.44 bits per heavy atom. The van der Waals surface area contributed by atoms with Crippen molar-refractivity contribution in [2.45, 2.75) is 32.4 Å². The van der Waals surface area contributed by atoms with Gasteiger partial charge >= 0.3 is 0 Å². The first kappa shape index (κ1) is 14.6. The Morgan fingerprint density at radius 2 is 2.11 bits per heavy atom. The van der Waals surface area contributed by atoms with Crippen LogP contribution in [0.5, 0.6) is 0 Å². The van der Waals surface area contributed by atoms with Gasteiger partial charge in [-0.2, -0.15) is 4.98 Å². The number of nitrogens with one attached hydrogen (secondary N) is 1. The number of nitrogen functional groups attached to an aromatic ring is 1. The van der Waals surface area contributed by atoms with Crippen LogP contribution in [0.2, 0.25) is 0 Å². The lowest BCUT2D eigenvalue weighted by Gasteiger charge is -2.19. The van der Waals surface area contributed by atoms with Crippen LogP contribution in [-0.2, 0) is 10.2 Å². The normalized spacial score (nSPS) is 13.4. The summed E-state index contributed by atoms with van der Waals surface area (Å²) in [5, 5.41) is 2.83. The number of nitrogens with two attached hydrogens (primary N) is 1. The number of anilines is 2. The molecule has 0 aliphatic rings. The Kier molecular flexibility index (Phi) is 4.84. The zero-order chi connectivity index (χ0) is 13.8. The molecule has 1 aromatic rings. The van der Waals surface area contributed by atoms with E-state index in [4.69, 9.17) is 10.5 Å². The Hall–Kier alpha value is -1.43. The van der Waals surface area contributed by atoms with Crippen molar-refractivity contribution < 1.29 is 9.13 Å². The van der Waals surface area contributed by atoms with Crippen LogP contribution in [0.3, 0.4) is 0 Å². The van der Waals surface area contributed by atoms with E-state index in [0.29, 0.717) is 11.8 Å². The van der Waals surface area contributed by atoms with E-state index in [9.17, 15) is 4.39 Å². The van der Waals surface area contributed by atoms with Crippen molar-refractivity contribution in [3.63, 3.8) is 0 Å². The maximum absolute atomic E-state index is 13.2. The van der Waals surface area contributed by atoms with E-state index in [1.165, 1.54) is 7.11 Å². The van der Waals surface area contributed by atoms with Gasteiger partial charge in [-0.1, -0.05) is 20.8 Å². The summed E-state index contributed by atoms with van der Waals surface area (Å²) in [7, 11) is 1.46. The third-order valence-electron chi connectivity index (χ3n) is 2.34. The number of alkyl halides is 1. The van der Waals surface area contributed by atoms with E-state index >= 15 is 0 Å². The molecule has 0 amide bonds. The van der Waals surface area contributed by atoms with Crippen molar-refractivity contribution in [3.05, 3.63) is 11.8 Å². The molecule has 0 saturated carbocycles. The van der Waals surface area contributed by atoms with Crippen molar-refractivity contribution in [3.8, 4) is 0 Å². The molecule has 0 saturated heterocycles. The van der Waals surface area contributed by atoms with Gasteiger partial charge in [0.25, 0.3) is 0 Å². The van der Waals surface area contributed by atoms with E-state index < -0.39 is 6.17 Å². The predicted octanol–water partition coefficient (Wildman–Crippen LogP) is 1.75. The molecule has 0 bridgehead atoms. The molecule has 18 heavy (non-hydrogen) atoms. The van der Waals surface area contributed by atoms with E-state index in [0.717, 1.165) is 5.69 Å². The summed E-state index contributed by atoms with van der Waals surface area (Å²) in [4.78, 5) is 8.35. The van der Waals surface area contributed by atoms with Gasteiger partial charge in [-0.3, -0.25) is 0 Å². The van der Waals surface area contributed by atoms with Gasteiger partial charge in [-0.05, 0) is 0 Å². The maximum Gasteiger partial charge on any atom is 0.224 e. The summed E-state index contributed by atoms with van der Waals surface area (Å²) in [6.07, 6.45) is -1.10. The smallest absolute Gasteiger partial charge is 0.224 e. The third-order valence-corrected chi connectivity index (χ3v) is 2.34. The van der Waals surface area contributed by atoms with Crippen molar-refractivity contribution >= 4 is 11.8 Å². The van der Waals surface area contributed by atoms with Crippen molar-refractivity contribution in [1.82, 2.24) is 9.97 Å². The standard InChI is InChI=1S/C12H21FN4O/c1-12(2,3)9-5-10(14)17-11(16-9)15-6-8(13)7-18-4/h5,8H,6-7H2,1-4H3,(H3,14,15,16,17). The van der Waals surface area contributed by atoms with Crippen LogP contribution in [0.1, 0.15) is 26.5 Å². The summed E-state index contributed by atoms with van der Waals surface area (Å²) >= 11 is 0. The number of rotatable bonds is 5. The molecule has 1 unspecified atom stereocenters. The van der Waals surface area contributed by atoms with Crippen LogP contribution in [0.15, 0.2) is 6.07 Å². The molecule has 0 spiro atoms. The predicted molar refractivity (Wildman–Crippen MR) is 70.4 cm³/mol. The number of halogens is 1. The number of hydrogen-bond acceptors (Lipinski definition) is 5. The van der Waals surface area contributed by atoms with Crippen LogP contribution in [0, 0.1) is 0 Å². The molecule has 1 heterocycles. The van der Waals surface area contributed by atoms with Crippen LogP contribution < -0.4 is 11.1 Å². The number of methoxy groups -OCH3 is 1. The van der Waals surface area contributed by atoms with Crippen molar-refractivity contribution in [2.75, 3.05) is 31.3 Å². The van der Waals surface area contributed by atoms with Gasteiger partial charge in [-0.15, -0.1) is 0 Å². The van der Waals surface area contributed by atoms with Gasteiger partial charge in [0.1, 0.15) is 12.0 Å². The number of ether oxygens (including phenoxy) is 1. The first-order valence-electron chi connectivity index (χ1n) is 5.85. The molecule has 0 aliphatic carbocycles. The highest BCUT2D eigenvalue weighted by atomic mass is 19.1. The lowest BCUT2D eigenvalue weighted by Crippen LogP contribution is -2.22. The number of hydrogen-bond donors (Lipinski definition) is 2. The minimum atomic E-state index is -1.10. The minimum absolute atomic E-state index is 0.0431. The van der Waals surface area contributed by atoms with E-state index in [2.05, 4.69) is 15.3 Å². The fourth-order valence-corrected chi connectivity index (χ4v) is 1.37. The lowest BCUT2D eigenvalue weighted by molar-refractivity contribution is 0.130. The molecule has 1 atom stereocenters. The molecule has 0 radical (unpaired) electrons. The van der Waals surface area contributed by atoms with Gasteiger partial charge < -0.3 is 15.8 Å².